The number of anilines is 2. The highest BCUT2D eigenvalue weighted by Crippen LogP contribution is 2.42. The first-order chi connectivity index (χ1) is 27.0. The Labute approximate surface area is 341 Å². The fourth-order valence-electron chi connectivity index (χ4n) is 6.40. The normalized spacial score (nSPS) is 15.5. The van der Waals surface area contributed by atoms with E-state index in [1.807, 2.05) is 36.0 Å². The number of thioether (sulfide) groups is 1. The third kappa shape index (κ3) is 10.6. The number of nitrogens with one attached hydrogen (secondary N) is 2. The highest BCUT2D eigenvalue weighted by Gasteiger charge is 2.31. The number of rotatable bonds is 4. The number of benzene rings is 4. The second-order valence-electron chi connectivity index (χ2n) is 15.0. The van der Waals surface area contributed by atoms with Gasteiger partial charge in [-0.05, 0) is 113 Å². The second-order valence-corrected chi connectivity index (χ2v) is 17.6. The molecular formula is C46H46N2O7S2. The van der Waals surface area contributed by atoms with E-state index in [1.165, 1.54) is 38.5 Å². The monoisotopic (exact) mass is 802 g/mol. The van der Waals surface area contributed by atoms with Gasteiger partial charge in [-0.1, -0.05) is 51.4 Å². The Hall–Kier alpha value is -5.62. The zero-order valence-electron chi connectivity index (χ0n) is 33.4. The number of amides is 2. The van der Waals surface area contributed by atoms with Crippen molar-refractivity contribution >= 4 is 57.7 Å². The first-order valence-electron chi connectivity index (χ1n) is 18.4. The molecule has 0 saturated heterocycles. The molecule has 2 heterocycles. The zero-order valence-corrected chi connectivity index (χ0v) is 35.1. The lowest BCUT2D eigenvalue weighted by Gasteiger charge is -2.32. The van der Waals surface area contributed by atoms with Gasteiger partial charge in [0.1, 0.15) is 0 Å². The number of hydrogen-bond donors (Lipinski definition) is 2. The molecule has 57 heavy (non-hydrogen) atoms. The lowest BCUT2D eigenvalue weighted by molar-refractivity contribution is -0.115. The quantitative estimate of drug-likeness (QED) is 0.156. The maximum atomic E-state index is 12.3. The molecule has 0 fully saturated rings. The van der Waals surface area contributed by atoms with Crippen LogP contribution >= 0.6 is 11.8 Å². The van der Waals surface area contributed by atoms with Crippen LogP contribution in [0.1, 0.15) is 108 Å². The molecule has 9 nitrogen and oxygen atoms in total. The Balaban J connectivity index is 0.000000218. The summed E-state index contributed by atoms with van der Waals surface area (Å²) in [6, 6.07) is 21.9. The molecule has 0 saturated carbocycles. The zero-order chi connectivity index (χ0) is 41.5. The molecule has 1 atom stereocenters. The molecule has 0 aliphatic carbocycles. The van der Waals surface area contributed by atoms with E-state index in [9.17, 15) is 23.4 Å². The van der Waals surface area contributed by atoms with Gasteiger partial charge in [-0.3, -0.25) is 13.8 Å². The van der Waals surface area contributed by atoms with Gasteiger partial charge in [0.2, 0.25) is 11.8 Å². The third-order valence-electron chi connectivity index (χ3n) is 9.75. The molecule has 4 aromatic rings. The third-order valence-corrected chi connectivity index (χ3v) is 12.2. The van der Waals surface area contributed by atoms with Crippen LogP contribution in [0.15, 0.2) is 82.6 Å². The van der Waals surface area contributed by atoms with Gasteiger partial charge in [0, 0.05) is 51.6 Å². The van der Waals surface area contributed by atoms with Crippen LogP contribution in [-0.2, 0) is 40.7 Å². The maximum absolute atomic E-state index is 12.3. The highest BCUT2D eigenvalue weighted by molar-refractivity contribution is 7.99. The van der Waals surface area contributed by atoms with Crippen molar-refractivity contribution in [2.75, 3.05) is 36.4 Å². The van der Waals surface area contributed by atoms with E-state index in [2.05, 4.69) is 74.1 Å². The van der Waals surface area contributed by atoms with Crippen molar-refractivity contribution < 1.29 is 32.9 Å². The summed E-state index contributed by atoms with van der Waals surface area (Å²) in [5.74, 6) is 12.9. The summed E-state index contributed by atoms with van der Waals surface area (Å²) in [4.78, 5) is 48.8. The molecule has 0 bridgehead atoms. The van der Waals surface area contributed by atoms with Crippen molar-refractivity contribution in [3.8, 4) is 23.7 Å². The van der Waals surface area contributed by atoms with Crippen molar-refractivity contribution in [2.24, 2.45) is 0 Å². The summed E-state index contributed by atoms with van der Waals surface area (Å²) in [6.07, 6.45) is 2.01. The average Bonchev–Trinajstić information content (AvgIpc) is 3.17. The molecule has 2 aliphatic rings. The van der Waals surface area contributed by atoms with Crippen molar-refractivity contribution in [1.82, 2.24) is 0 Å². The van der Waals surface area contributed by atoms with Gasteiger partial charge in [-0.2, -0.15) is 0 Å². The van der Waals surface area contributed by atoms with Crippen LogP contribution in [0.25, 0.3) is 0 Å². The molecule has 1 unspecified atom stereocenters. The van der Waals surface area contributed by atoms with E-state index in [-0.39, 0.29) is 22.6 Å². The Morgan fingerprint density at radius 2 is 1.14 bits per heavy atom. The predicted molar refractivity (Wildman–Crippen MR) is 226 cm³/mol. The Kier molecular flexibility index (Phi) is 13.5. The van der Waals surface area contributed by atoms with E-state index in [0.717, 1.165) is 40.2 Å². The van der Waals surface area contributed by atoms with Gasteiger partial charge in [0.05, 0.1) is 47.5 Å². The molecule has 11 heteroatoms. The predicted octanol–water partition coefficient (Wildman–Crippen LogP) is 8.23. The number of fused-ring (bicyclic) bond motifs is 2. The van der Waals surface area contributed by atoms with Crippen LogP contribution in [0.4, 0.5) is 11.4 Å². The molecule has 0 aromatic heterocycles. The molecule has 294 valence electrons. The first kappa shape index (κ1) is 42.5. The van der Waals surface area contributed by atoms with Crippen LogP contribution in [0, 0.1) is 23.7 Å². The molecule has 2 aliphatic heterocycles. The van der Waals surface area contributed by atoms with Gasteiger partial charge >= 0.3 is 11.9 Å². The van der Waals surface area contributed by atoms with Crippen molar-refractivity contribution in [2.45, 2.75) is 75.0 Å². The largest absolute Gasteiger partial charge is 0.465 e. The van der Waals surface area contributed by atoms with E-state index in [0.29, 0.717) is 39.4 Å². The summed E-state index contributed by atoms with van der Waals surface area (Å²) >= 11 is 1.89. The summed E-state index contributed by atoms with van der Waals surface area (Å²) in [7, 11) is 1.66. The standard InChI is InChI=1S/C23H23NO4S.C23H23NO3S/c1-15(25)24-20-14-18(22(26)28-4)9-8-17(20)7-5-16-6-10-21-19(13-16)23(2,3)11-12-29(21)27;1-15(25)24-20-14-18(22(26)27-4)9-8-17(20)7-5-16-6-10-21-19(13-16)23(2,3)11-12-28-21/h6,8-10,13-14H,11-12H2,1-4H3,(H,24,25);6,8-10,13-14H,11-12H2,1-4H3,(H,24,25). The summed E-state index contributed by atoms with van der Waals surface area (Å²) in [5.41, 5.74) is 7.11. The molecule has 4 aromatic carbocycles. The number of carbonyl (C=O) groups excluding carboxylic acids is 4. The van der Waals surface area contributed by atoms with Gasteiger partial charge in [0.25, 0.3) is 0 Å². The molecule has 2 N–H and O–H groups in total. The summed E-state index contributed by atoms with van der Waals surface area (Å²) < 4.78 is 21.8. The van der Waals surface area contributed by atoms with Crippen LogP contribution in [-0.4, -0.2) is 53.7 Å². The van der Waals surface area contributed by atoms with Crippen LogP contribution in [0.5, 0.6) is 0 Å². The fraction of sp³-hybridized carbons (Fsp3) is 0.304. The maximum Gasteiger partial charge on any atom is 0.337 e. The fourth-order valence-corrected chi connectivity index (χ4v) is 9.61. The number of carbonyl (C=O) groups is 4. The summed E-state index contributed by atoms with van der Waals surface area (Å²) in [6.45, 7) is 11.7. The minimum atomic E-state index is -0.968. The molecule has 2 amide bonds. The summed E-state index contributed by atoms with van der Waals surface area (Å²) in [5, 5.41) is 5.45. The Morgan fingerprint density at radius 3 is 1.65 bits per heavy atom. The topological polar surface area (TPSA) is 128 Å². The average molecular weight is 803 g/mol. The van der Waals surface area contributed by atoms with Crippen LogP contribution < -0.4 is 10.6 Å². The van der Waals surface area contributed by atoms with E-state index < -0.39 is 22.7 Å². The van der Waals surface area contributed by atoms with E-state index in [4.69, 9.17) is 9.47 Å². The van der Waals surface area contributed by atoms with Crippen molar-refractivity contribution in [1.29, 1.82) is 0 Å². The lowest BCUT2D eigenvalue weighted by Crippen LogP contribution is -2.27. The number of ether oxygens (including phenoxy) is 2. The minimum Gasteiger partial charge on any atom is -0.465 e. The van der Waals surface area contributed by atoms with Crippen LogP contribution in [0.3, 0.4) is 0 Å². The van der Waals surface area contributed by atoms with E-state index >= 15 is 0 Å². The minimum absolute atomic E-state index is 0.0511. The molecular weight excluding hydrogens is 757 g/mol. The first-order valence-corrected chi connectivity index (χ1v) is 20.7. The van der Waals surface area contributed by atoms with Gasteiger partial charge < -0.3 is 20.1 Å². The smallest absolute Gasteiger partial charge is 0.337 e. The van der Waals surface area contributed by atoms with Crippen molar-refractivity contribution in [3.63, 3.8) is 0 Å². The van der Waals surface area contributed by atoms with Gasteiger partial charge in [-0.15, -0.1) is 11.8 Å². The molecule has 0 radical (unpaired) electrons. The molecule has 0 spiro atoms. The van der Waals surface area contributed by atoms with Gasteiger partial charge in [0.15, 0.2) is 0 Å². The van der Waals surface area contributed by atoms with E-state index in [1.54, 1.807) is 36.4 Å². The highest BCUT2D eigenvalue weighted by atomic mass is 32.2. The number of hydrogen-bond acceptors (Lipinski definition) is 8. The Morgan fingerprint density at radius 1 is 0.649 bits per heavy atom. The number of esters is 2. The Bertz CT molecular complexity index is 2410. The second kappa shape index (κ2) is 18.1. The lowest BCUT2D eigenvalue weighted by atomic mass is 9.81. The van der Waals surface area contributed by atoms with Crippen molar-refractivity contribution in [3.05, 3.63) is 117 Å². The SMILES string of the molecule is COC(=O)c1ccc(C#Cc2ccc3c(c2)C(C)(C)CCS3)c(NC(C)=O)c1.COC(=O)c1ccc(C#Cc2ccc3c(c2)C(C)(C)CCS3=O)c(NC(C)=O)c1. The molecule has 6 rings (SSSR count). The van der Waals surface area contributed by atoms with Crippen LogP contribution in [0.2, 0.25) is 0 Å². The van der Waals surface area contributed by atoms with Gasteiger partial charge in [-0.25, -0.2) is 9.59 Å². The number of methoxy groups -OCH3 is 2.